The van der Waals surface area contributed by atoms with Gasteiger partial charge in [0.05, 0.1) is 4.88 Å². The Labute approximate surface area is 103 Å². The van der Waals surface area contributed by atoms with Crippen LogP contribution in [-0.4, -0.2) is 9.97 Å². The zero-order valence-electron chi connectivity index (χ0n) is 8.96. The number of nitrogens with zero attached hydrogens (tertiary/aromatic N) is 2. The van der Waals surface area contributed by atoms with Gasteiger partial charge in [-0.1, -0.05) is 11.6 Å². The molecule has 0 radical (unpaired) electrons. The van der Waals surface area contributed by atoms with E-state index in [9.17, 15) is 0 Å². The van der Waals surface area contributed by atoms with Gasteiger partial charge in [0.1, 0.15) is 5.15 Å². The van der Waals surface area contributed by atoms with Crippen molar-refractivity contribution in [2.75, 3.05) is 0 Å². The van der Waals surface area contributed by atoms with Gasteiger partial charge in [-0.25, -0.2) is 9.97 Å². The number of aromatic nitrogens is 2. The third-order valence-corrected chi connectivity index (χ3v) is 4.27. The molecule has 0 atom stereocenters. The average molecular weight is 251 g/mol. The lowest BCUT2D eigenvalue weighted by molar-refractivity contribution is 0.900. The summed E-state index contributed by atoms with van der Waals surface area (Å²) in [6.45, 7) is 2.08. The molecular formula is C12H11ClN2S. The topological polar surface area (TPSA) is 25.8 Å². The van der Waals surface area contributed by atoms with Gasteiger partial charge < -0.3 is 0 Å². The van der Waals surface area contributed by atoms with Gasteiger partial charge in [-0.3, -0.25) is 0 Å². The van der Waals surface area contributed by atoms with Crippen LogP contribution in [-0.2, 0) is 12.8 Å². The Kier molecular flexibility index (Phi) is 2.45. The van der Waals surface area contributed by atoms with Crippen LogP contribution in [0, 0.1) is 6.92 Å². The van der Waals surface area contributed by atoms with Crippen molar-refractivity contribution >= 4 is 22.9 Å². The molecule has 0 bridgehead atoms. The summed E-state index contributed by atoms with van der Waals surface area (Å²) in [5, 5.41) is 2.71. The van der Waals surface area contributed by atoms with Crippen molar-refractivity contribution in [2.24, 2.45) is 0 Å². The predicted octanol–water partition coefficient (Wildman–Crippen LogP) is 3.66. The van der Waals surface area contributed by atoms with Crippen molar-refractivity contribution in [1.82, 2.24) is 9.97 Å². The van der Waals surface area contributed by atoms with Gasteiger partial charge in [-0.05, 0) is 43.2 Å². The van der Waals surface area contributed by atoms with E-state index in [1.54, 1.807) is 11.3 Å². The number of hydrogen-bond donors (Lipinski definition) is 0. The van der Waals surface area contributed by atoms with E-state index in [-0.39, 0.29) is 0 Å². The molecule has 4 heteroatoms. The highest BCUT2D eigenvalue weighted by Crippen LogP contribution is 2.32. The van der Waals surface area contributed by atoms with Gasteiger partial charge >= 0.3 is 0 Å². The van der Waals surface area contributed by atoms with Crippen LogP contribution in [0.2, 0.25) is 5.15 Å². The minimum absolute atomic E-state index is 0.644. The molecule has 82 valence electrons. The summed E-state index contributed by atoms with van der Waals surface area (Å²) in [4.78, 5) is 10.2. The summed E-state index contributed by atoms with van der Waals surface area (Å²) < 4.78 is 0. The summed E-state index contributed by atoms with van der Waals surface area (Å²) in [7, 11) is 0. The van der Waals surface area contributed by atoms with E-state index in [4.69, 9.17) is 11.6 Å². The molecule has 1 aliphatic carbocycles. The van der Waals surface area contributed by atoms with Crippen LogP contribution in [0.4, 0.5) is 0 Å². The molecule has 0 amide bonds. The Morgan fingerprint density at radius 3 is 2.94 bits per heavy atom. The fraction of sp³-hybridized carbons (Fsp3) is 0.333. The maximum atomic E-state index is 6.20. The molecule has 2 heterocycles. The lowest BCUT2D eigenvalue weighted by Crippen LogP contribution is -1.96. The molecule has 2 nitrogen and oxygen atoms in total. The first kappa shape index (κ1) is 10.2. The highest BCUT2D eigenvalue weighted by atomic mass is 35.5. The predicted molar refractivity (Wildman–Crippen MR) is 67.1 cm³/mol. The van der Waals surface area contributed by atoms with Crippen LogP contribution in [0.1, 0.15) is 23.2 Å². The molecule has 0 spiro atoms. The third kappa shape index (κ3) is 1.55. The quantitative estimate of drug-likeness (QED) is 0.722. The van der Waals surface area contributed by atoms with Crippen LogP contribution in [0.3, 0.4) is 0 Å². The number of rotatable bonds is 1. The van der Waals surface area contributed by atoms with Crippen molar-refractivity contribution in [3.05, 3.63) is 33.4 Å². The zero-order chi connectivity index (χ0) is 11.1. The Hall–Kier alpha value is -0.930. The van der Waals surface area contributed by atoms with Crippen LogP contribution < -0.4 is 0 Å². The Morgan fingerprint density at radius 1 is 1.31 bits per heavy atom. The van der Waals surface area contributed by atoms with Gasteiger partial charge in [0.2, 0.25) is 0 Å². The summed E-state index contributed by atoms with van der Waals surface area (Å²) in [5.41, 5.74) is 3.52. The third-order valence-electron chi connectivity index (χ3n) is 2.95. The number of hydrogen-bond acceptors (Lipinski definition) is 3. The van der Waals surface area contributed by atoms with Crippen LogP contribution >= 0.6 is 22.9 Å². The molecule has 0 fully saturated rings. The SMILES string of the molecule is Cc1ccsc1-c1nc(Cl)c2c(n1)CCC2. The lowest BCUT2D eigenvalue weighted by atomic mass is 10.2. The second-order valence-corrected chi connectivity index (χ2v) is 5.32. The van der Waals surface area contributed by atoms with E-state index >= 15 is 0 Å². The van der Waals surface area contributed by atoms with E-state index in [2.05, 4.69) is 28.3 Å². The molecule has 3 rings (SSSR count). The van der Waals surface area contributed by atoms with E-state index in [1.165, 1.54) is 5.56 Å². The molecular weight excluding hydrogens is 240 g/mol. The van der Waals surface area contributed by atoms with E-state index in [0.717, 1.165) is 41.2 Å². The molecule has 0 aromatic carbocycles. The summed E-state index contributed by atoms with van der Waals surface area (Å²) in [6.07, 6.45) is 3.21. The highest BCUT2D eigenvalue weighted by Gasteiger charge is 2.19. The first-order valence-corrected chi connectivity index (χ1v) is 6.61. The van der Waals surface area contributed by atoms with Crippen molar-refractivity contribution < 1.29 is 0 Å². The van der Waals surface area contributed by atoms with E-state index < -0.39 is 0 Å². The van der Waals surface area contributed by atoms with E-state index in [0.29, 0.717) is 5.15 Å². The second kappa shape index (κ2) is 3.82. The van der Waals surface area contributed by atoms with E-state index in [1.807, 2.05) is 0 Å². The van der Waals surface area contributed by atoms with Crippen LogP contribution in [0.5, 0.6) is 0 Å². The smallest absolute Gasteiger partial charge is 0.171 e. The van der Waals surface area contributed by atoms with Gasteiger partial charge in [0, 0.05) is 11.3 Å². The number of halogens is 1. The average Bonchev–Trinajstić information content (AvgIpc) is 2.85. The summed E-state index contributed by atoms with van der Waals surface area (Å²) in [6, 6.07) is 2.09. The van der Waals surface area contributed by atoms with Crippen molar-refractivity contribution in [3.63, 3.8) is 0 Å². The van der Waals surface area contributed by atoms with Crippen LogP contribution in [0.25, 0.3) is 10.7 Å². The monoisotopic (exact) mass is 250 g/mol. The Balaban J connectivity index is 2.17. The van der Waals surface area contributed by atoms with Gasteiger partial charge in [-0.15, -0.1) is 11.3 Å². The molecule has 16 heavy (non-hydrogen) atoms. The molecule has 0 aliphatic heterocycles. The minimum atomic E-state index is 0.644. The number of aryl methyl sites for hydroxylation is 2. The maximum absolute atomic E-state index is 6.20. The minimum Gasteiger partial charge on any atom is -0.232 e. The molecule has 1 aliphatic rings. The van der Waals surface area contributed by atoms with Crippen molar-refractivity contribution in [1.29, 1.82) is 0 Å². The fourth-order valence-corrected chi connectivity index (χ4v) is 3.23. The zero-order valence-corrected chi connectivity index (χ0v) is 10.5. The van der Waals surface area contributed by atoms with Crippen LogP contribution in [0.15, 0.2) is 11.4 Å². The molecule has 0 saturated carbocycles. The van der Waals surface area contributed by atoms with Gasteiger partial charge in [-0.2, -0.15) is 0 Å². The normalized spacial score (nSPS) is 14.1. The highest BCUT2D eigenvalue weighted by molar-refractivity contribution is 7.13. The Bertz CT molecular complexity index is 548. The first-order valence-electron chi connectivity index (χ1n) is 5.35. The second-order valence-electron chi connectivity index (χ2n) is 4.05. The standard InChI is InChI=1S/C12H11ClN2S/c1-7-5-6-16-10(7)12-14-9-4-2-3-8(9)11(13)15-12/h5-6H,2-4H2,1H3. The maximum Gasteiger partial charge on any atom is 0.171 e. The number of thiophene rings is 1. The Morgan fingerprint density at radius 2 is 2.19 bits per heavy atom. The molecule has 0 saturated heterocycles. The number of fused-ring (bicyclic) bond motifs is 1. The lowest BCUT2D eigenvalue weighted by Gasteiger charge is -2.04. The molecule has 0 N–H and O–H groups in total. The molecule has 2 aromatic heterocycles. The first-order chi connectivity index (χ1) is 7.75. The van der Waals surface area contributed by atoms with Gasteiger partial charge in [0.25, 0.3) is 0 Å². The van der Waals surface area contributed by atoms with Crippen molar-refractivity contribution in [2.45, 2.75) is 26.2 Å². The fourth-order valence-electron chi connectivity index (χ4n) is 2.09. The largest absolute Gasteiger partial charge is 0.232 e. The summed E-state index contributed by atoms with van der Waals surface area (Å²) in [5.74, 6) is 0.790. The van der Waals surface area contributed by atoms with Gasteiger partial charge in [0.15, 0.2) is 5.82 Å². The van der Waals surface area contributed by atoms with Crippen molar-refractivity contribution in [3.8, 4) is 10.7 Å². The molecule has 0 unspecified atom stereocenters. The molecule has 2 aromatic rings. The summed E-state index contributed by atoms with van der Waals surface area (Å²) >= 11 is 7.87.